The summed E-state index contributed by atoms with van der Waals surface area (Å²) in [6, 6.07) is 25.1. The van der Waals surface area contributed by atoms with E-state index in [-0.39, 0.29) is 12.0 Å². The molecule has 2 amide bonds. The van der Waals surface area contributed by atoms with E-state index in [1.165, 1.54) is 5.56 Å². The number of phenols is 1. The Morgan fingerprint density at radius 3 is 2.28 bits per heavy atom. The van der Waals surface area contributed by atoms with Crippen LogP contribution in [-0.2, 0) is 16.0 Å². The van der Waals surface area contributed by atoms with Gasteiger partial charge >= 0.3 is 6.09 Å². The maximum Gasteiger partial charge on any atom is 0.411 e. The number of ether oxygens (including phenoxy) is 1. The topological polar surface area (TPSA) is 103 Å². The summed E-state index contributed by atoms with van der Waals surface area (Å²) in [6.45, 7) is 5.02. The molecule has 4 rings (SSSR count). The molecule has 0 atom stereocenters. The molecule has 3 aromatic carbocycles. The Bertz CT molecular complexity index is 1240. The molecule has 0 radical (unpaired) electrons. The Kier molecular flexibility index (Phi) is 13.4. The van der Waals surface area contributed by atoms with Gasteiger partial charge in [0.25, 0.3) is 0 Å². The summed E-state index contributed by atoms with van der Waals surface area (Å²) in [4.78, 5) is 27.2. The average Bonchev–Trinajstić information content (AvgIpc) is 3.03. The second-order valence-corrected chi connectivity index (χ2v) is 11.2. The summed E-state index contributed by atoms with van der Waals surface area (Å²) in [5.74, 6) is 0.409. The Morgan fingerprint density at radius 2 is 1.51 bits per heavy atom. The first kappa shape index (κ1) is 32.0. The van der Waals surface area contributed by atoms with E-state index >= 15 is 0 Å². The summed E-state index contributed by atoms with van der Waals surface area (Å²) in [5, 5.41) is 18.8. The minimum atomic E-state index is -0.428. The van der Waals surface area contributed by atoms with Gasteiger partial charge < -0.3 is 25.4 Å². The van der Waals surface area contributed by atoms with E-state index in [0.29, 0.717) is 12.2 Å². The lowest BCUT2D eigenvalue weighted by Crippen LogP contribution is -2.40. The fourth-order valence-electron chi connectivity index (χ4n) is 5.33. The maximum atomic E-state index is 12.6. The van der Waals surface area contributed by atoms with Crippen molar-refractivity contribution >= 4 is 17.7 Å². The van der Waals surface area contributed by atoms with E-state index in [1.54, 1.807) is 12.1 Å². The van der Waals surface area contributed by atoms with Crippen LogP contribution in [0.1, 0.15) is 50.5 Å². The molecule has 0 unspecified atom stereocenters. The van der Waals surface area contributed by atoms with Crippen molar-refractivity contribution in [3.8, 4) is 16.9 Å². The van der Waals surface area contributed by atoms with Crippen molar-refractivity contribution in [1.29, 1.82) is 0 Å². The van der Waals surface area contributed by atoms with E-state index in [0.717, 1.165) is 101 Å². The third-order valence-corrected chi connectivity index (χ3v) is 7.84. The van der Waals surface area contributed by atoms with Crippen LogP contribution in [0.15, 0.2) is 78.9 Å². The van der Waals surface area contributed by atoms with Crippen molar-refractivity contribution in [3.63, 3.8) is 0 Å². The van der Waals surface area contributed by atoms with Gasteiger partial charge in [-0.2, -0.15) is 0 Å². The normalized spacial score (nSPS) is 13.9. The molecule has 0 aliphatic carbocycles. The molecule has 3 aromatic rings. The predicted molar refractivity (Wildman–Crippen MR) is 172 cm³/mol. The molecule has 1 fully saturated rings. The summed E-state index contributed by atoms with van der Waals surface area (Å²) in [7, 11) is 0. The number of unbranched alkanes of at least 4 members (excludes halogenated alkanes) is 3. The van der Waals surface area contributed by atoms with Gasteiger partial charge in [-0.05, 0) is 74.5 Å². The Hall–Kier alpha value is -3.88. The van der Waals surface area contributed by atoms with Crippen molar-refractivity contribution in [2.75, 3.05) is 44.6 Å². The number of carbonyl (C=O) groups is 2. The number of likely N-dealkylation sites (tertiary alicyclic amines) is 1. The third kappa shape index (κ3) is 11.7. The molecule has 1 aliphatic heterocycles. The number of aromatic hydroxyl groups is 1. The zero-order valence-corrected chi connectivity index (χ0v) is 25.1. The van der Waals surface area contributed by atoms with E-state index in [9.17, 15) is 14.7 Å². The molecule has 8 heteroatoms. The highest BCUT2D eigenvalue weighted by molar-refractivity contribution is 5.91. The van der Waals surface area contributed by atoms with E-state index < -0.39 is 6.09 Å². The number of benzene rings is 3. The number of phenolic OH excluding ortho intramolecular Hbond substituents is 1. The largest absolute Gasteiger partial charge is 0.508 e. The van der Waals surface area contributed by atoms with Crippen LogP contribution in [0.3, 0.4) is 0 Å². The molecule has 1 heterocycles. The molecular weight excluding hydrogens is 540 g/mol. The van der Waals surface area contributed by atoms with Crippen molar-refractivity contribution in [1.82, 2.24) is 15.5 Å². The van der Waals surface area contributed by atoms with Crippen LogP contribution in [0.2, 0.25) is 0 Å². The number of piperidine rings is 1. The van der Waals surface area contributed by atoms with Crippen LogP contribution in [-0.4, -0.2) is 67.4 Å². The van der Waals surface area contributed by atoms with E-state index in [1.807, 2.05) is 66.7 Å². The van der Waals surface area contributed by atoms with Crippen LogP contribution >= 0.6 is 0 Å². The quantitative estimate of drug-likeness (QED) is 0.154. The molecule has 0 saturated carbocycles. The molecule has 43 heavy (non-hydrogen) atoms. The number of para-hydroxylation sites is 1. The van der Waals surface area contributed by atoms with Crippen LogP contribution in [0, 0.1) is 0 Å². The van der Waals surface area contributed by atoms with Crippen LogP contribution in [0.25, 0.3) is 11.1 Å². The maximum absolute atomic E-state index is 12.6. The van der Waals surface area contributed by atoms with Gasteiger partial charge in [0.1, 0.15) is 11.9 Å². The van der Waals surface area contributed by atoms with E-state index in [2.05, 4.69) is 20.9 Å². The van der Waals surface area contributed by atoms with Crippen molar-refractivity contribution < 1.29 is 19.4 Å². The number of nitrogens with zero attached hydrogens (tertiary/aromatic N) is 1. The van der Waals surface area contributed by atoms with Crippen LogP contribution in [0.4, 0.5) is 10.5 Å². The summed E-state index contributed by atoms with van der Waals surface area (Å²) in [6.07, 6.45) is 6.82. The highest BCUT2D eigenvalue weighted by Crippen LogP contribution is 2.28. The van der Waals surface area contributed by atoms with Gasteiger partial charge in [0.05, 0.1) is 5.69 Å². The highest BCUT2D eigenvalue weighted by Gasteiger charge is 2.23. The first-order valence-electron chi connectivity index (χ1n) is 15.7. The van der Waals surface area contributed by atoms with Crippen LogP contribution in [0.5, 0.6) is 5.75 Å². The van der Waals surface area contributed by atoms with Gasteiger partial charge in [-0.25, -0.2) is 4.79 Å². The minimum absolute atomic E-state index is 0.103. The average molecular weight is 587 g/mol. The standard InChI is InChI=1S/C35H46N4O4/c40-30-16-14-28(15-17-30)18-24-36-22-8-1-2-9-23-37-34(41)21-27-39-25-19-31(20-26-39)43-35(42)38-33-13-7-6-12-32(33)29-10-4-3-5-11-29/h3-7,10-17,31,36,40H,1-2,8-9,18-27H2,(H,37,41)(H,38,42). The Balaban J connectivity index is 0.993. The van der Waals surface area contributed by atoms with Crippen molar-refractivity contribution in [2.24, 2.45) is 0 Å². The zero-order valence-electron chi connectivity index (χ0n) is 25.1. The first-order valence-corrected chi connectivity index (χ1v) is 15.7. The lowest BCUT2D eigenvalue weighted by Gasteiger charge is -2.31. The number of hydrogen-bond donors (Lipinski definition) is 4. The molecule has 0 bridgehead atoms. The van der Waals surface area contributed by atoms with Crippen molar-refractivity contribution in [3.05, 3.63) is 84.4 Å². The number of anilines is 1. The molecule has 230 valence electrons. The van der Waals surface area contributed by atoms with Gasteiger partial charge in [-0.15, -0.1) is 0 Å². The SMILES string of the molecule is O=C(CCN1CCC(OC(=O)Nc2ccccc2-c2ccccc2)CC1)NCCCCCCNCCc1ccc(O)cc1. The molecular formula is C35H46N4O4. The number of amides is 2. The van der Waals surface area contributed by atoms with Gasteiger partial charge in [0.15, 0.2) is 0 Å². The smallest absolute Gasteiger partial charge is 0.411 e. The molecule has 4 N–H and O–H groups in total. The fourth-order valence-corrected chi connectivity index (χ4v) is 5.33. The number of hydrogen-bond acceptors (Lipinski definition) is 6. The molecule has 1 saturated heterocycles. The Labute approximate surface area is 255 Å². The van der Waals surface area contributed by atoms with Gasteiger partial charge in [0.2, 0.25) is 5.91 Å². The second kappa shape index (κ2) is 17.9. The first-order chi connectivity index (χ1) is 21.1. The molecule has 8 nitrogen and oxygen atoms in total. The van der Waals surface area contributed by atoms with Gasteiger partial charge in [-0.1, -0.05) is 73.5 Å². The van der Waals surface area contributed by atoms with Gasteiger partial charge in [0, 0.05) is 38.2 Å². The Morgan fingerprint density at radius 1 is 0.814 bits per heavy atom. The van der Waals surface area contributed by atoms with Crippen molar-refractivity contribution in [2.45, 2.75) is 57.5 Å². The predicted octanol–water partition coefficient (Wildman–Crippen LogP) is 5.97. The molecule has 0 spiro atoms. The minimum Gasteiger partial charge on any atom is -0.508 e. The number of carbonyl (C=O) groups excluding carboxylic acids is 2. The van der Waals surface area contributed by atoms with Gasteiger partial charge in [-0.3, -0.25) is 10.1 Å². The molecule has 1 aliphatic rings. The highest BCUT2D eigenvalue weighted by atomic mass is 16.6. The van der Waals surface area contributed by atoms with E-state index in [4.69, 9.17) is 4.74 Å². The van der Waals surface area contributed by atoms with Crippen LogP contribution < -0.4 is 16.0 Å². The monoisotopic (exact) mass is 586 g/mol. The second-order valence-electron chi connectivity index (χ2n) is 11.2. The summed E-state index contributed by atoms with van der Waals surface area (Å²) < 4.78 is 5.73. The fraction of sp³-hybridized carbons (Fsp3) is 0.429. The zero-order chi connectivity index (χ0) is 30.1. The lowest BCUT2D eigenvalue weighted by atomic mass is 10.0. The lowest BCUT2D eigenvalue weighted by molar-refractivity contribution is -0.121. The third-order valence-electron chi connectivity index (χ3n) is 7.84. The number of nitrogens with one attached hydrogen (secondary N) is 3. The molecule has 0 aromatic heterocycles. The summed E-state index contributed by atoms with van der Waals surface area (Å²) >= 11 is 0. The summed E-state index contributed by atoms with van der Waals surface area (Å²) in [5.41, 5.74) is 3.96. The number of rotatable bonds is 16.